The Hall–Kier alpha value is -1.14. The molecule has 0 bridgehead atoms. The minimum Gasteiger partial charge on any atom is -0.271 e. The number of aromatic nitrogens is 3. The van der Waals surface area contributed by atoms with Crippen LogP contribution >= 0.6 is 23.2 Å². The Balaban J connectivity index is 2.29. The van der Waals surface area contributed by atoms with E-state index in [1.165, 1.54) is 0 Å². The molecule has 1 aromatic heterocycles. The largest absolute Gasteiger partial charge is 0.271 e. The van der Waals surface area contributed by atoms with Crippen LogP contribution in [-0.4, -0.2) is 14.8 Å². The summed E-state index contributed by atoms with van der Waals surface area (Å²) in [5.74, 6) is 6.50. The summed E-state index contributed by atoms with van der Waals surface area (Å²) in [6.07, 6.45) is 2.12. The van der Waals surface area contributed by atoms with Crippen LogP contribution in [0.15, 0.2) is 24.5 Å². The normalized spacial score (nSPS) is 12.9. The number of hydrogen-bond donors (Lipinski definition) is 2. The number of hydrazine groups is 1. The fourth-order valence-electron chi connectivity index (χ4n) is 2.07. The van der Waals surface area contributed by atoms with Crippen LogP contribution in [0, 0.1) is 0 Å². The van der Waals surface area contributed by atoms with Gasteiger partial charge in [0.05, 0.1) is 6.04 Å². The fraction of sp³-hybridized carbons (Fsp3) is 0.385. The van der Waals surface area contributed by atoms with Gasteiger partial charge in [-0.2, -0.15) is 5.10 Å². The quantitative estimate of drug-likeness (QED) is 0.658. The second-order valence-electron chi connectivity index (χ2n) is 4.80. The molecule has 0 saturated heterocycles. The van der Waals surface area contributed by atoms with E-state index in [1.54, 1.807) is 18.5 Å². The molecule has 1 aromatic carbocycles. The summed E-state index contributed by atoms with van der Waals surface area (Å²) < 4.78 is 1.86. The van der Waals surface area contributed by atoms with Crippen LogP contribution in [0.25, 0.3) is 0 Å². The lowest BCUT2D eigenvalue weighted by molar-refractivity contribution is 0.468. The lowest BCUT2D eigenvalue weighted by atomic mass is 10.0. The Morgan fingerprint density at radius 1 is 1.35 bits per heavy atom. The van der Waals surface area contributed by atoms with Gasteiger partial charge in [0.25, 0.3) is 0 Å². The fourth-order valence-corrected chi connectivity index (χ4v) is 2.50. The average molecular weight is 314 g/mol. The molecule has 7 heteroatoms. The summed E-state index contributed by atoms with van der Waals surface area (Å²) >= 11 is 12.2. The third-order valence-electron chi connectivity index (χ3n) is 3.06. The van der Waals surface area contributed by atoms with Gasteiger partial charge >= 0.3 is 0 Å². The van der Waals surface area contributed by atoms with Crippen molar-refractivity contribution in [2.75, 3.05) is 0 Å². The second-order valence-corrected chi connectivity index (χ2v) is 5.65. The SMILES string of the molecule is CC(C)n1ncnc1CC(NN)c1cc(Cl)ccc1Cl. The van der Waals surface area contributed by atoms with Crippen molar-refractivity contribution in [3.8, 4) is 0 Å². The molecule has 0 spiro atoms. The molecule has 0 fully saturated rings. The summed E-state index contributed by atoms with van der Waals surface area (Å²) in [6.45, 7) is 4.10. The van der Waals surface area contributed by atoms with Crippen LogP contribution in [0.2, 0.25) is 10.0 Å². The highest BCUT2D eigenvalue weighted by Crippen LogP contribution is 2.28. The molecule has 1 atom stereocenters. The first-order valence-corrected chi connectivity index (χ1v) is 7.08. The van der Waals surface area contributed by atoms with Crippen LogP contribution in [0.1, 0.15) is 37.3 Å². The molecule has 0 radical (unpaired) electrons. The maximum Gasteiger partial charge on any atom is 0.138 e. The maximum atomic E-state index is 6.22. The summed E-state index contributed by atoms with van der Waals surface area (Å²) in [4.78, 5) is 4.28. The van der Waals surface area contributed by atoms with E-state index in [0.29, 0.717) is 16.5 Å². The minimum atomic E-state index is -0.178. The molecule has 2 aromatic rings. The van der Waals surface area contributed by atoms with Gasteiger partial charge in [0.2, 0.25) is 0 Å². The summed E-state index contributed by atoms with van der Waals surface area (Å²) in [5.41, 5.74) is 3.61. The minimum absolute atomic E-state index is 0.178. The zero-order chi connectivity index (χ0) is 14.7. The first kappa shape index (κ1) is 15.3. The molecule has 2 rings (SSSR count). The molecule has 0 saturated carbocycles. The molecule has 1 unspecified atom stereocenters. The van der Waals surface area contributed by atoms with Crippen LogP contribution in [0.5, 0.6) is 0 Å². The maximum absolute atomic E-state index is 6.22. The van der Waals surface area contributed by atoms with Gasteiger partial charge in [0.1, 0.15) is 12.2 Å². The van der Waals surface area contributed by atoms with E-state index in [1.807, 2.05) is 10.7 Å². The highest BCUT2D eigenvalue weighted by atomic mass is 35.5. The zero-order valence-corrected chi connectivity index (χ0v) is 12.9. The van der Waals surface area contributed by atoms with Gasteiger partial charge in [-0.3, -0.25) is 11.3 Å². The van der Waals surface area contributed by atoms with Crippen molar-refractivity contribution in [3.63, 3.8) is 0 Å². The van der Waals surface area contributed by atoms with Crippen molar-refractivity contribution in [1.82, 2.24) is 20.2 Å². The van der Waals surface area contributed by atoms with Gasteiger partial charge in [0.15, 0.2) is 0 Å². The first-order valence-electron chi connectivity index (χ1n) is 6.32. The van der Waals surface area contributed by atoms with Gasteiger partial charge < -0.3 is 0 Å². The Morgan fingerprint density at radius 2 is 2.10 bits per heavy atom. The predicted octanol–water partition coefficient (Wildman–Crippen LogP) is 2.91. The molecule has 0 aliphatic rings. The highest BCUT2D eigenvalue weighted by Gasteiger charge is 2.18. The van der Waals surface area contributed by atoms with Gasteiger partial charge in [-0.25, -0.2) is 9.67 Å². The van der Waals surface area contributed by atoms with Crippen molar-refractivity contribution in [2.24, 2.45) is 5.84 Å². The smallest absolute Gasteiger partial charge is 0.138 e. The molecule has 0 aliphatic heterocycles. The van der Waals surface area contributed by atoms with Gasteiger partial charge in [-0.1, -0.05) is 23.2 Å². The van der Waals surface area contributed by atoms with Gasteiger partial charge in [-0.05, 0) is 37.6 Å². The summed E-state index contributed by atoms with van der Waals surface area (Å²) in [5, 5.41) is 5.45. The third-order valence-corrected chi connectivity index (χ3v) is 3.64. The Labute approximate surface area is 128 Å². The summed E-state index contributed by atoms with van der Waals surface area (Å²) in [7, 11) is 0. The third kappa shape index (κ3) is 3.30. The standard InChI is InChI=1S/C13H17Cl2N5/c1-8(2)20-13(17-7-18-20)6-12(19-16)10-5-9(14)3-4-11(10)15/h3-5,7-8,12,19H,6,16H2,1-2H3. The molecule has 0 aliphatic carbocycles. The zero-order valence-electron chi connectivity index (χ0n) is 11.3. The van der Waals surface area contributed by atoms with E-state index >= 15 is 0 Å². The number of nitrogens with zero attached hydrogens (tertiary/aromatic N) is 3. The summed E-state index contributed by atoms with van der Waals surface area (Å²) in [6, 6.07) is 5.38. The number of nitrogens with one attached hydrogen (secondary N) is 1. The van der Waals surface area contributed by atoms with E-state index < -0.39 is 0 Å². The Bertz CT molecular complexity index is 582. The number of hydrogen-bond acceptors (Lipinski definition) is 4. The van der Waals surface area contributed by atoms with Crippen molar-refractivity contribution in [3.05, 3.63) is 46.0 Å². The number of rotatable bonds is 5. The number of halogens is 2. The molecular weight excluding hydrogens is 297 g/mol. The van der Waals surface area contributed by atoms with E-state index in [9.17, 15) is 0 Å². The molecule has 1 heterocycles. The molecule has 3 N–H and O–H groups in total. The lowest BCUT2D eigenvalue weighted by Crippen LogP contribution is -2.31. The van der Waals surface area contributed by atoms with Crippen molar-refractivity contribution in [1.29, 1.82) is 0 Å². The average Bonchev–Trinajstić information content (AvgIpc) is 2.87. The van der Waals surface area contributed by atoms with E-state index in [-0.39, 0.29) is 12.1 Å². The van der Waals surface area contributed by atoms with Crippen molar-refractivity contribution in [2.45, 2.75) is 32.4 Å². The van der Waals surface area contributed by atoms with Crippen molar-refractivity contribution < 1.29 is 0 Å². The molecular formula is C13H17Cl2N5. The van der Waals surface area contributed by atoms with E-state index in [2.05, 4.69) is 29.4 Å². The highest BCUT2D eigenvalue weighted by molar-refractivity contribution is 6.33. The number of nitrogens with two attached hydrogens (primary N) is 1. The van der Waals surface area contributed by atoms with Crippen LogP contribution in [-0.2, 0) is 6.42 Å². The molecule has 108 valence electrons. The predicted molar refractivity (Wildman–Crippen MR) is 80.6 cm³/mol. The van der Waals surface area contributed by atoms with E-state index in [0.717, 1.165) is 11.4 Å². The lowest BCUT2D eigenvalue weighted by Gasteiger charge is -2.19. The molecule has 5 nitrogen and oxygen atoms in total. The first-order chi connectivity index (χ1) is 9.52. The van der Waals surface area contributed by atoms with Gasteiger partial charge in [0, 0.05) is 22.5 Å². The molecule has 20 heavy (non-hydrogen) atoms. The van der Waals surface area contributed by atoms with Crippen LogP contribution in [0.4, 0.5) is 0 Å². The second kappa shape index (κ2) is 6.54. The van der Waals surface area contributed by atoms with Crippen LogP contribution in [0.3, 0.4) is 0 Å². The number of benzene rings is 1. The molecule has 0 amide bonds. The Morgan fingerprint density at radius 3 is 2.75 bits per heavy atom. The van der Waals surface area contributed by atoms with E-state index in [4.69, 9.17) is 29.0 Å². The van der Waals surface area contributed by atoms with Crippen molar-refractivity contribution >= 4 is 23.2 Å². The monoisotopic (exact) mass is 313 g/mol. The van der Waals surface area contributed by atoms with Crippen LogP contribution < -0.4 is 11.3 Å². The topological polar surface area (TPSA) is 68.8 Å². The van der Waals surface area contributed by atoms with Gasteiger partial charge in [-0.15, -0.1) is 0 Å². The Kier molecular flexibility index (Phi) is 4.99.